The number of aromatic nitrogens is 4. The van der Waals surface area contributed by atoms with Gasteiger partial charge in [0.15, 0.2) is 0 Å². The number of nitrogens with zero attached hydrogens (tertiary/aromatic N) is 3. The first-order chi connectivity index (χ1) is 10.8. The van der Waals surface area contributed by atoms with E-state index < -0.39 is 17.6 Å². The third-order valence-corrected chi connectivity index (χ3v) is 3.01. The van der Waals surface area contributed by atoms with Gasteiger partial charge in [0.05, 0.1) is 5.69 Å². The highest BCUT2D eigenvalue weighted by Gasteiger charge is 2.38. The van der Waals surface area contributed by atoms with Crippen molar-refractivity contribution in [3.8, 4) is 11.4 Å². The zero-order chi connectivity index (χ0) is 16.6. The number of nitrogens with one attached hydrogen (secondary N) is 1. The molecule has 0 radical (unpaired) electrons. The Labute approximate surface area is 126 Å². The molecule has 3 rings (SSSR count). The number of rotatable bonds is 3. The highest BCUT2D eigenvalue weighted by molar-refractivity contribution is 5.59. The molecule has 0 unspecified atom stereocenters. The average Bonchev–Trinajstić information content (AvgIpc) is 3.10. The lowest BCUT2D eigenvalue weighted by atomic mass is 10.0. The van der Waals surface area contributed by atoms with Crippen molar-refractivity contribution in [3.05, 3.63) is 51.6 Å². The molecular formula is C13H9F3N4O3. The lowest BCUT2D eigenvalue weighted by molar-refractivity contribution is -0.159. The van der Waals surface area contributed by atoms with Gasteiger partial charge in [0.2, 0.25) is 5.82 Å². The van der Waals surface area contributed by atoms with Gasteiger partial charge in [0.25, 0.3) is 5.56 Å². The van der Waals surface area contributed by atoms with E-state index >= 15 is 0 Å². The molecule has 0 atom stereocenters. The Kier molecular flexibility index (Phi) is 3.51. The fourth-order valence-electron chi connectivity index (χ4n) is 2.03. The smallest absolute Gasteiger partial charge is 0.361 e. The fraction of sp³-hybridized carbons (Fsp3) is 0.231. The third kappa shape index (κ3) is 3.00. The normalized spacial score (nSPS) is 11.8. The van der Waals surface area contributed by atoms with Gasteiger partial charge in [-0.05, 0) is 13.0 Å². The van der Waals surface area contributed by atoms with Gasteiger partial charge < -0.3 is 14.0 Å². The van der Waals surface area contributed by atoms with Crippen molar-refractivity contribution in [2.75, 3.05) is 0 Å². The average molecular weight is 326 g/mol. The van der Waals surface area contributed by atoms with E-state index in [4.69, 9.17) is 4.52 Å². The van der Waals surface area contributed by atoms with Gasteiger partial charge in [0, 0.05) is 29.8 Å². The first-order valence-electron chi connectivity index (χ1n) is 6.38. The molecule has 0 spiro atoms. The summed E-state index contributed by atoms with van der Waals surface area (Å²) in [5, 5.41) is 7.06. The van der Waals surface area contributed by atoms with Crippen molar-refractivity contribution in [1.29, 1.82) is 0 Å². The molecule has 0 bridgehead atoms. The molecule has 23 heavy (non-hydrogen) atoms. The third-order valence-electron chi connectivity index (χ3n) is 3.01. The molecule has 7 nitrogen and oxygen atoms in total. The van der Waals surface area contributed by atoms with Crippen LogP contribution in [0, 0.1) is 6.92 Å². The number of H-pyrrole nitrogens is 1. The summed E-state index contributed by atoms with van der Waals surface area (Å²) in [6.07, 6.45) is -3.41. The van der Waals surface area contributed by atoms with Crippen molar-refractivity contribution in [1.82, 2.24) is 20.3 Å². The predicted molar refractivity (Wildman–Crippen MR) is 69.4 cm³/mol. The van der Waals surface area contributed by atoms with E-state index in [9.17, 15) is 18.0 Å². The summed E-state index contributed by atoms with van der Waals surface area (Å²) in [4.78, 5) is 17.8. The predicted octanol–water partition coefficient (Wildman–Crippen LogP) is 2.33. The maximum Gasteiger partial charge on any atom is 0.471 e. The van der Waals surface area contributed by atoms with Gasteiger partial charge >= 0.3 is 12.1 Å². The standard InChI is InChI=1S/C13H9F3N4O3/c1-6-4-7(19-22-6)5-9-8(2-3-17-11(9)21)10-18-12(23-20-10)13(14,15)16/h2-4H,5H2,1H3,(H,17,21). The number of hydrogen-bond acceptors (Lipinski definition) is 6. The second kappa shape index (κ2) is 5.38. The minimum absolute atomic E-state index is 0.0543. The van der Waals surface area contributed by atoms with E-state index in [-0.39, 0.29) is 23.4 Å². The summed E-state index contributed by atoms with van der Waals surface area (Å²) in [5.74, 6) is -1.25. The Morgan fingerprint density at radius 1 is 1.26 bits per heavy atom. The first-order valence-corrected chi connectivity index (χ1v) is 6.38. The molecule has 0 amide bonds. The van der Waals surface area contributed by atoms with E-state index in [1.165, 1.54) is 12.3 Å². The highest BCUT2D eigenvalue weighted by Crippen LogP contribution is 2.30. The van der Waals surface area contributed by atoms with Gasteiger partial charge in [-0.2, -0.15) is 18.2 Å². The number of aryl methyl sites for hydroxylation is 1. The van der Waals surface area contributed by atoms with Crippen LogP contribution in [-0.4, -0.2) is 20.3 Å². The summed E-state index contributed by atoms with van der Waals surface area (Å²) in [6, 6.07) is 3.02. The number of hydrogen-bond donors (Lipinski definition) is 1. The quantitative estimate of drug-likeness (QED) is 0.793. The molecule has 0 fully saturated rings. The zero-order valence-electron chi connectivity index (χ0n) is 11.6. The molecule has 3 heterocycles. The van der Waals surface area contributed by atoms with Crippen molar-refractivity contribution in [3.63, 3.8) is 0 Å². The van der Waals surface area contributed by atoms with Crippen molar-refractivity contribution < 1.29 is 22.2 Å². The van der Waals surface area contributed by atoms with E-state index in [0.29, 0.717) is 11.5 Å². The van der Waals surface area contributed by atoms with Crippen LogP contribution in [0.4, 0.5) is 13.2 Å². The maximum absolute atomic E-state index is 12.6. The summed E-state index contributed by atoms with van der Waals surface area (Å²) >= 11 is 0. The van der Waals surface area contributed by atoms with Crippen LogP contribution in [0.15, 0.2) is 32.2 Å². The summed E-state index contributed by atoms with van der Waals surface area (Å²) in [6.45, 7) is 1.68. The number of alkyl halides is 3. The lowest BCUT2D eigenvalue weighted by Gasteiger charge is -2.02. The molecule has 0 saturated heterocycles. The summed E-state index contributed by atoms with van der Waals surface area (Å²) < 4.78 is 46.8. The molecule has 0 aliphatic rings. The lowest BCUT2D eigenvalue weighted by Crippen LogP contribution is -2.14. The first kappa shape index (κ1) is 15.0. The number of pyridine rings is 1. The summed E-state index contributed by atoms with van der Waals surface area (Å²) in [5.41, 5.74) is 0.269. The Bertz CT molecular complexity index is 894. The minimum atomic E-state index is -4.75. The molecule has 0 aromatic carbocycles. The number of aromatic amines is 1. The Balaban J connectivity index is 2.04. The molecule has 120 valence electrons. The van der Waals surface area contributed by atoms with Gasteiger partial charge in [-0.3, -0.25) is 4.79 Å². The van der Waals surface area contributed by atoms with Gasteiger partial charge in [-0.1, -0.05) is 10.3 Å². The van der Waals surface area contributed by atoms with Crippen molar-refractivity contribution >= 4 is 0 Å². The molecule has 3 aromatic heterocycles. The van der Waals surface area contributed by atoms with Crippen LogP contribution < -0.4 is 5.56 Å². The molecule has 0 saturated carbocycles. The minimum Gasteiger partial charge on any atom is -0.361 e. The van der Waals surface area contributed by atoms with Crippen molar-refractivity contribution in [2.45, 2.75) is 19.5 Å². The highest BCUT2D eigenvalue weighted by atomic mass is 19.4. The van der Waals surface area contributed by atoms with Crippen LogP contribution in [0.2, 0.25) is 0 Å². The van der Waals surface area contributed by atoms with Gasteiger partial charge in [-0.25, -0.2) is 0 Å². The van der Waals surface area contributed by atoms with E-state index in [0.717, 1.165) is 0 Å². The van der Waals surface area contributed by atoms with Crippen LogP contribution in [0.1, 0.15) is 22.9 Å². The molecule has 0 aliphatic heterocycles. The molecule has 10 heteroatoms. The monoisotopic (exact) mass is 326 g/mol. The van der Waals surface area contributed by atoms with Crippen LogP contribution in [0.25, 0.3) is 11.4 Å². The maximum atomic E-state index is 12.6. The Hall–Kier alpha value is -2.91. The second-order valence-electron chi connectivity index (χ2n) is 4.73. The van der Waals surface area contributed by atoms with Crippen LogP contribution in [-0.2, 0) is 12.6 Å². The molecular weight excluding hydrogens is 317 g/mol. The van der Waals surface area contributed by atoms with Gasteiger partial charge in [-0.15, -0.1) is 0 Å². The van der Waals surface area contributed by atoms with Crippen molar-refractivity contribution in [2.24, 2.45) is 0 Å². The number of halogens is 3. The van der Waals surface area contributed by atoms with E-state index in [1.54, 1.807) is 13.0 Å². The zero-order valence-corrected chi connectivity index (χ0v) is 11.6. The summed E-state index contributed by atoms with van der Waals surface area (Å²) in [7, 11) is 0. The Morgan fingerprint density at radius 2 is 2.04 bits per heavy atom. The molecule has 3 aromatic rings. The van der Waals surface area contributed by atoms with Crippen LogP contribution >= 0.6 is 0 Å². The van der Waals surface area contributed by atoms with E-state index in [1.807, 2.05) is 0 Å². The molecule has 1 N–H and O–H groups in total. The van der Waals surface area contributed by atoms with Crippen LogP contribution in [0.3, 0.4) is 0 Å². The Morgan fingerprint density at radius 3 is 2.65 bits per heavy atom. The molecule has 0 aliphatic carbocycles. The SMILES string of the molecule is Cc1cc(Cc2c(-c3noc(C(F)(F)F)n3)cc[nH]c2=O)no1. The van der Waals surface area contributed by atoms with E-state index in [2.05, 4.69) is 24.8 Å². The van der Waals surface area contributed by atoms with Gasteiger partial charge in [0.1, 0.15) is 5.76 Å². The van der Waals surface area contributed by atoms with Crippen LogP contribution in [0.5, 0.6) is 0 Å². The largest absolute Gasteiger partial charge is 0.471 e. The topological polar surface area (TPSA) is 97.8 Å². The second-order valence-corrected chi connectivity index (χ2v) is 4.73. The fourth-order valence-corrected chi connectivity index (χ4v) is 2.03.